The Kier molecular flexibility index (Phi) is 2.76. The molecule has 0 unspecified atom stereocenters. The number of nitrogens with zero attached hydrogens (tertiary/aromatic N) is 1. The van der Waals surface area contributed by atoms with Gasteiger partial charge in [0.1, 0.15) is 11.3 Å². The largest absolute Gasteiger partial charge is 0.494 e. The highest BCUT2D eigenvalue weighted by atomic mass is 35.5. The molecule has 2 heterocycles. The number of pyridine rings is 1. The minimum absolute atomic E-state index is 0.498. The normalized spacial score (nSPS) is 14.6. The lowest BCUT2D eigenvalue weighted by Crippen LogP contribution is -2.14. The van der Waals surface area contributed by atoms with Gasteiger partial charge in [-0.3, -0.25) is 0 Å². The van der Waals surface area contributed by atoms with Crippen LogP contribution in [0.2, 0.25) is 5.02 Å². The van der Waals surface area contributed by atoms with Crippen LogP contribution in [0.4, 0.5) is 5.69 Å². The molecule has 4 nitrogen and oxygen atoms in total. The molecule has 18 heavy (non-hydrogen) atoms. The molecule has 2 N–H and O–H groups in total. The molecule has 1 aliphatic rings. The summed E-state index contributed by atoms with van der Waals surface area (Å²) in [7, 11) is 1.61. The Bertz CT molecular complexity index is 628. The molecule has 2 aromatic rings. The van der Waals surface area contributed by atoms with E-state index < -0.39 is 0 Å². The molecule has 0 radical (unpaired) electrons. The summed E-state index contributed by atoms with van der Waals surface area (Å²) in [5.41, 5.74) is 9.51. The van der Waals surface area contributed by atoms with Crippen LogP contribution < -0.4 is 10.5 Å². The van der Waals surface area contributed by atoms with Gasteiger partial charge in [-0.2, -0.15) is 0 Å². The Balaban J connectivity index is 2.41. The number of hydrogen-bond donors (Lipinski definition) is 1. The van der Waals surface area contributed by atoms with Gasteiger partial charge in [0.25, 0.3) is 0 Å². The smallest absolute Gasteiger partial charge is 0.145 e. The van der Waals surface area contributed by atoms with Crippen LogP contribution in [0.3, 0.4) is 0 Å². The summed E-state index contributed by atoms with van der Waals surface area (Å²) in [5, 5.41) is 1.34. The lowest BCUT2D eigenvalue weighted by Gasteiger charge is -2.20. The van der Waals surface area contributed by atoms with Crippen LogP contribution >= 0.6 is 11.6 Å². The van der Waals surface area contributed by atoms with Crippen LogP contribution in [0.15, 0.2) is 12.1 Å². The van der Waals surface area contributed by atoms with Gasteiger partial charge in [-0.1, -0.05) is 11.6 Å². The third-order valence-corrected chi connectivity index (χ3v) is 3.54. The van der Waals surface area contributed by atoms with Crippen molar-refractivity contribution in [2.24, 2.45) is 0 Å². The first-order valence-corrected chi connectivity index (χ1v) is 6.11. The predicted molar refractivity (Wildman–Crippen MR) is 71.1 cm³/mol. The minimum Gasteiger partial charge on any atom is -0.494 e. The quantitative estimate of drug-likeness (QED) is 0.860. The number of methoxy groups -OCH3 is 1. The van der Waals surface area contributed by atoms with E-state index in [1.54, 1.807) is 13.2 Å². The highest BCUT2D eigenvalue weighted by molar-refractivity contribution is 6.36. The molecular weight excluding hydrogens is 252 g/mol. The lowest BCUT2D eigenvalue weighted by molar-refractivity contribution is 0.110. The number of fused-ring (bicyclic) bond motifs is 2. The molecule has 1 aromatic heterocycles. The highest BCUT2D eigenvalue weighted by Gasteiger charge is 2.20. The molecule has 0 bridgehead atoms. The van der Waals surface area contributed by atoms with Crippen molar-refractivity contribution >= 4 is 28.2 Å². The maximum Gasteiger partial charge on any atom is 0.145 e. The number of anilines is 1. The van der Waals surface area contributed by atoms with Gasteiger partial charge in [-0.05, 0) is 12.1 Å². The fraction of sp³-hybridized carbons (Fsp3) is 0.308. The van der Waals surface area contributed by atoms with E-state index in [0.717, 1.165) is 28.6 Å². The van der Waals surface area contributed by atoms with Crippen LogP contribution in [0.5, 0.6) is 5.75 Å². The van der Waals surface area contributed by atoms with Gasteiger partial charge >= 0.3 is 0 Å². The van der Waals surface area contributed by atoms with Crippen LogP contribution in [0, 0.1) is 0 Å². The molecule has 1 aromatic carbocycles. The lowest BCUT2D eigenvalue weighted by atomic mass is 10.0. The van der Waals surface area contributed by atoms with Gasteiger partial charge < -0.3 is 15.2 Å². The zero-order chi connectivity index (χ0) is 12.7. The average Bonchev–Trinajstić information content (AvgIpc) is 2.39. The van der Waals surface area contributed by atoms with Gasteiger partial charge in [0.15, 0.2) is 0 Å². The van der Waals surface area contributed by atoms with Crippen molar-refractivity contribution in [2.75, 3.05) is 19.5 Å². The fourth-order valence-electron chi connectivity index (χ4n) is 2.30. The van der Waals surface area contributed by atoms with E-state index in [2.05, 4.69) is 4.98 Å². The summed E-state index contributed by atoms with van der Waals surface area (Å²) in [5.74, 6) is 0.690. The van der Waals surface area contributed by atoms with Gasteiger partial charge in [-0.25, -0.2) is 4.98 Å². The third-order valence-electron chi connectivity index (χ3n) is 3.23. The molecule has 5 heteroatoms. The maximum atomic E-state index is 6.22. The second-order valence-corrected chi connectivity index (χ2v) is 4.63. The molecule has 0 spiro atoms. The van der Waals surface area contributed by atoms with E-state index >= 15 is 0 Å². The molecule has 0 fully saturated rings. The van der Waals surface area contributed by atoms with Crippen LogP contribution in [0.1, 0.15) is 11.3 Å². The molecule has 0 atom stereocenters. The van der Waals surface area contributed by atoms with E-state index in [1.807, 2.05) is 6.07 Å². The molecule has 1 aliphatic heterocycles. The van der Waals surface area contributed by atoms with Gasteiger partial charge in [0, 0.05) is 17.4 Å². The summed E-state index contributed by atoms with van der Waals surface area (Å²) in [6.07, 6.45) is 0.769. The fourth-order valence-corrected chi connectivity index (χ4v) is 2.55. The molecule has 94 valence electrons. The first-order chi connectivity index (χ1) is 8.72. The van der Waals surface area contributed by atoms with E-state index in [0.29, 0.717) is 29.7 Å². The Morgan fingerprint density at radius 2 is 2.28 bits per heavy atom. The van der Waals surface area contributed by atoms with Crippen molar-refractivity contribution in [1.82, 2.24) is 4.98 Å². The Morgan fingerprint density at radius 1 is 1.44 bits per heavy atom. The van der Waals surface area contributed by atoms with Crippen LogP contribution in [0.25, 0.3) is 10.9 Å². The Morgan fingerprint density at radius 3 is 3.06 bits per heavy atom. The van der Waals surface area contributed by atoms with E-state index in [9.17, 15) is 0 Å². The predicted octanol–water partition coefficient (Wildman–Crippen LogP) is 2.55. The number of halogens is 1. The standard InChI is InChI=1S/C13H13ClN2O2/c1-17-10-3-2-8(14)11-12(15)7-6-18-5-4-9(7)16-13(10)11/h2-3H,4-6H2,1H3,(H2,15,16). The number of nitrogen functional groups attached to an aromatic ring is 1. The Hall–Kier alpha value is -1.52. The first-order valence-electron chi connectivity index (χ1n) is 5.73. The molecule has 0 saturated carbocycles. The number of ether oxygens (including phenoxy) is 2. The summed E-state index contributed by atoms with van der Waals surface area (Å²) >= 11 is 6.22. The van der Waals surface area contributed by atoms with E-state index in [-0.39, 0.29) is 0 Å². The van der Waals surface area contributed by atoms with Gasteiger partial charge in [-0.15, -0.1) is 0 Å². The summed E-state index contributed by atoms with van der Waals surface area (Å²) in [6.45, 7) is 1.17. The average molecular weight is 265 g/mol. The molecule has 0 aliphatic carbocycles. The number of nitrogens with two attached hydrogens (primary N) is 1. The maximum absolute atomic E-state index is 6.22. The molecule has 3 rings (SSSR count). The second kappa shape index (κ2) is 4.30. The Labute approximate surface area is 110 Å². The minimum atomic E-state index is 0.498. The van der Waals surface area contributed by atoms with Crippen LogP contribution in [-0.2, 0) is 17.8 Å². The summed E-state index contributed by atoms with van der Waals surface area (Å²) < 4.78 is 10.7. The number of hydrogen-bond acceptors (Lipinski definition) is 4. The van der Waals surface area contributed by atoms with E-state index in [1.165, 1.54) is 0 Å². The van der Waals surface area contributed by atoms with Crippen molar-refractivity contribution in [3.8, 4) is 5.75 Å². The second-order valence-electron chi connectivity index (χ2n) is 4.23. The van der Waals surface area contributed by atoms with E-state index in [4.69, 9.17) is 26.8 Å². The van der Waals surface area contributed by atoms with Crippen molar-refractivity contribution in [1.29, 1.82) is 0 Å². The molecule has 0 saturated heterocycles. The van der Waals surface area contributed by atoms with Crippen molar-refractivity contribution in [2.45, 2.75) is 13.0 Å². The number of rotatable bonds is 1. The van der Waals surface area contributed by atoms with Gasteiger partial charge in [0.05, 0.1) is 36.7 Å². The first kappa shape index (κ1) is 11.6. The molecule has 0 amide bonds. The highest BCUT2D eigenvalue weighted by Crippen LogP contribution is 2.37. The topological polar surface area (TPSA) is 57.4 Å². The van der Waals surface area contributed by atoms with Crippen LogP contribution in [-0.4, -0.2) is 18.7 Å². The third kappa shape index (κ3) is 1.61. The summed E-state index contributed by atoms with van der Waals surface area (Å²) in [6, 6.07) is 3.58. The zero-order valence-corrected chi connectivity index (χ0v) is 10.8. The van der Waals surface area contributed by atoms with Crippen molar-refractivity contribution in [3.05, 3.63) is 28.4 Å². The number of benzene rings is 1. The number of aromatic nitrogens is 1. The summed E-state index contributed by atoms with van der Waals surface area (Å²) in [4.78, 5) is 4.64. The monoisotopic (exact) mass is 264 g/mol. The zero-order valence-electron chi connectivity index (χ0n) is 10.00. The SMILES string of the molecule is COc1ccc(Cl)c2c(N)c3c(nc12)CCOC3. The van der Waals surface area contributed by atoms with Gasteiger partial charge in [0.2, 0.25) is 0 Å². The van der Waals surface area contributed by atoms with Crippen molar-refractivity contribution < 1.29 is 9.47 Å². The molecular formula is C13H13ClN2O2. The van der Waals surface area contributed by atoms with Crippen molar-refractivity contribution in [3.63, 3.8) is 0 Å².